The average Bonchev–Trinajstić information content (AvgIpc) is 2.16. The van der Waals surface area contributed by atoms with E-state index >= 15 is 0 Å². The molecule has 1 aliphatic heterocycles. The zero-order valence-corrected chi connectivity index (χ0v) is 11.2. The van der Waals surface area contributed by atoms with Crippen LogP contribution in [0.3, 0.4) is 0 Å². The Morgan fingerprint density at radius 2 is 1.82 bits per heavy atom. The van der Waals surface area contributed by atoms with Crippen LogP contribution in [0.25, 0.3) is 0 Å². The second-order valence-electron chi connectivity index (χ2n) is 5.12. The zero-order valence-electron chi connectivity index (χ0n) is 10.4. The first-order valence-corrected chi connectivity index (χ1v) is 7.11. The van der Waals surface area contributed by atoms with Crippen molar-refractivity contribution in [1.82, 2.24) is 9.03 Å². The zero-order chi connectivity index (χ0) is 13.3. The molecule has 1 heterocycles. The number of nitrogens with one attached hydrogen (secondary N) is 1. The van der Waals surface area contributed by atoms with E-state index in [1.54, 1.807) is 0 Å². The Kier molecular flexibility index (Phi) is 4.16. The number of hydrogen-bond acceptors (Lipinski definition) is 3. The van der Waals surface area contributed by atoms with Gasteiger partial charge in [0.15, 0.2) is 0 Å². The number of carbonyl (C=O) groups is 1. The molecule has 0 aromatic rings. The van der Waals surface area contributed by atoms with Crippen LogP contribution in [0.15, 0.2) is 0 Å². The van der Waals surface area contributed by atoms with Gasteiger partial charge >= 0.3 is 5.97 Å². The monoisotopic (exact) mass is 264 g/mol. The van der Waals surface area contributed by atoms with Gasteiger partial charge in [0.25, 0.3) is 10.2 Å². The van der Waals surface area contributed by atoms with Crippen LogP contribution in [0.4, 0.5) is 0 Å². The van der Waals surface area contributed by atoms with E-state index in [2.05, 4.69) is 11.6 Å². The average molecular weight is 264 g/mol. The molecule has 0 amide bonds. The molecule has 6 nitrogen and oxygen atoms in total. The van der Waals surface area contributed by atoms with Gasteiger partial charge in [-0.05, 0) is 32.6 Å². The third-order valence-corrected chi connectivity index (χ3v) is 4.81. The molecule has 0 aromatic carbocycles. The Hall–Kier alpha value is -0.660. The summed E-state index contributed by atoms with van der Waals surface area (Å²) in [5, 5.41) is 8.90. The maximum atomic E-state index is 12.0. The number of aliphatic carboxylic acids is 1. The number of carboxylic acid groups (broad SMARTS) is 1. The fourth-order valence-corrected chi connectivity index (χ4v) is 3.21. The normalized spacial score (nSPS) is 20.4. The van der Waals surface area contributed by atoms with E-state index in [1.165, 1.54) is 18.2 Å². The third-order valence-electron chi connectivity index (χ3n) is 3.00. The van der Waals surface area contributed by atoms with E-state index in [-0.39, 0.29) is 0 Å². The molecule has 7 heteroatoms. The highest BCUT2D eigenvalue weighted by atomic mass is 32.2. The highest BCUT2D eigenvalue weighted by Gasteiger charge is 2.36. The summed E-state index contributed by atoms with van der Waals surface area (Å²) >= 11 is 0. The lowest BCUT2D eigenvalue weighted by Crippen LogP contribution is -2.55. The quantitative estimate of drug-likeness (QED) is 0.770. The molecular formula is C10H20N2O4S. The molecule has 0 aromatic heterocycles. The van der Waals surface area contributed by atoms with Gasteiger partial charge < -0.3 is 5.11 Å². The van der Waals surface area contributed by atoms with Crippen LogP contribution in [0, 0.1) is 5.92 Å². The van der Waals surface area contributed by atoms with Crippen LogP contribution in [0.5, 0.6) is 0 Å². The van der Waals surface area contributed by atoms with Crippen molar-refractivity contribution in [2.45, 2.75) is 39.2 Å². The van der Waals surface area contributed by atoms with Crippen molar-refractivity contribution in [3.63, 3.8) is 0 Å². The number of hydrogen-bond donors (Lipinski definition) is 2. The largest absolute Gasteiger partial charge is 0.480 e. The summed E-state index contributed by atoms with van der Waals surface area (Å²) < 4.78 is 27.5. The van der Waals surface area contributed by atoms with Crippen molar-refractivity contribution in [2.24, 2.45) is 5.92 Å². The van der Waals surface area contributed by atoms with Gasteiger partial charge in [0.1, 0.15) is 5.54 Å². The van der Waals surface area contributed by atoms with E-state index in [0.717, 1.165) is 12.8 Å². The Labute approximate surface area is 102 Å². The van der Waals surface area contributed by atoms with Gasteiger partial charge in [0, 0.05) is 13.1 Å². The fraction of sp³-hybridized carbons (Fsp3) is 0.900. The number of piperidine rings is 1. The van der Waals surface area contributed by atoms with E-state index in [9.17, 15) is 13.2 Å². The summed E-state index contributed by atoms with van der Waals surface area (Å²) in [7, 11) is -3.71. The van der Waals surface area contributed by atoms with Gasteiger partial charge in [0.05, 0.1) is 0 Å². The molecule has 100 valence electrons. The molecule has 0 atom stereocenters. The first-order chi connectivity index (χ1) is 7.65. The van der Waals surface area contributed by atoms with E-state index in [4.69, 9.17) is 5.11 Å². The second kappa shape index (κ2) is 4.91. The summed E-state index contributed by atoms with van der Waals surface area (Å²) in [6.07, 6.45) is 1.63. The van der Waals surface area contributed by atoms with Gasteiger partial charge in [-0.2, -0.15) is 17.4 Å². The molecule has 1 saturated heterocycles. The molecular weight excluding hydrogens is 244 g/mol. The van der Waals surface area contributed by atoms with Crippen LogP contribution < -0.4 is 4.72 Å². The Balaban J connectivity index is 2.73. The van der Waals surface area contributed by atoms with Crippen LogP contribution in [0.2, 0.25) is 0 Å². The minimum atomic E-state index is -3.71. The standard InChI is InChI=1S/C10H20N2O4S/c1-8-4-6-12(7-5-8)17(15,16)11-10(2,3)9(13)14/h8,11H,4-7H2,1-3H3,(H,13,14). The topological polar surface area (TPSA) is 86.7 Å². The van der Waals surface area contributed by atoms with Gasteiger partial charge in [-0.3, -0.25) is 4.79 Å². The van der Waals surface area contributed by atoms with Crippen LogP contribution in [0.1, 0.15) is 33.6 Å². The molecule has 0 aliphatic carbocycles. The predicted octanol–water partition coefficient (Wildman–Crippen LogP) is 0.416. The van der Waals surface area contributed by atoms with E-state index in [0.29, 0.717) is 19.0 Å². The lowest BCUT2D eigenvalue weighted by Gasteiger charge is -2.32. The molecule has 1 fully saturated rings. The van der Waals surface area contributed by atoms with Crippen molar-refractivity contribution in [1.29, 1.82) is 0 Å². The molecule has 0 spiro atoms. The summed E-state index contributed by atoms with van der Waals surface area (Å²) in [6.45, 7) is 5.65. The Morgan fingerprint density at radius 1 is 1.35 bits per heavy atom. The van der Waals surface area contributed by atoms with Crippen LogP contribution in [-0.4, -0.2) is 42.4 Å². The summed E-state index contributed by atoms with van der Waals surface area (Å²) in [6, 6.07) is 0. The number of nitrogens with zero attached hydrogens (tertiary/aromatic N) is 1. The van der Waals surface area contributed by atoms with Crippen molar-refractivity contribution in [3.8, 4) is 0 Å². The van der Waals surface area contributed by atoms with Gasteiger partial charge in [-0.15, -0.1) is 0 Å². The molecule has 2 N–H and O–H groups in total. The van der Waals surface area contributed by atoms with Gasteiger partial charge in [-0.1, -0.05) is 6.92 Å². The highest BCUT2D eigenvalue weighted by Crippen LogP contribution is 2.19. The molecule has 0 bridgehead atoms. The molecule has 0 radical (unpaired) electrons. The van der Waals surface area contributed by atoms with Crippen molar-refractivity contribution >= 4 is 16.2 Å². The molecule has 1 aliphatic rings. The summed E-state index contributed by atoms with van der Waals surface area (Å²) in [4.78, 5) is 10.9. The number of carboxylic acids is 1. The maximum Gasteiger partial charge on any atom is 0.324 e. The molecule has 1 rings (SSSR count). The minimum absolute atomic E-state index is 0.451. The van der Waals surface area contributed by atoms with Crippen molar-refractivity contribution in [3.05, 3.63) is 0 Å². The lowest BCUT2D eigenvalue weighted by molar-refractivity contribution is -0.142. The Morgan fingerprint density at radius 3 is 2.24 bits per heavy atom. The van der Waals surface area contributed by atoms with Crippen molar-refractivity contribution < 1.29 is 18.3 Å². The van der Waals surface area contributed by atoms with Gasteiger partial charge in [-0.25, -0.2) is 0 Å². The fourth-order valence-electron chi connectivity index (χ4n) is 1.66. The second-order valence-corrected chi connectivity index (χ2v) is 6.79. The first-order valence-electron chi connectivity index (χ1n) is 5.67. The van der Waals surface area contributed by atoms with E-state index in [1.807, 2.05) is 0 Å². The van der Waals surface area contributed by atoms with E-state index < -0.39 is 21.7 Å². The SMILES string of the molecule is CC1CCN(S(=O)(=O)NC(C)(C)C(=O)O)CC1. The molecule has 0 unspecified atom stereocenters. The minimum Gasteiger partial charge on any atom is -0.480 e. The molecule has 17 heavy (non-hydrogen) atoms. The van der Waals surface area contributed by atoms with Crippen LogP contribution in [-0.2, 0) is 15.0 Å². The third kappa shape index (κ3) is 3.65. The Bertz CT molecular complexity index is 383. The van der Waals surface area contributed by atoms with Gasteiger partial charge in [0.2, 0.25) is 0 Å². The van der Waals surface area contributed by atoms with Crippen molar-refractivity contribution in [2.75, 3.05) is 13.1 Å². The summed E-state index contributed by atoms with van der Waals surface area (Å²) in [5.41, 5.74) is -1.48. The predicted molar refractivity (Wildman–Crippen MR) is 63.7 cm³/mol. The lowest BCUT2D eigenvalue weighted by atomic mass is 10.0. The maximum absolute atomic E-state index is 12.0. The molecule has 0 saturated carbocycles. The van der Waals surface area contributed by atoms with Crippen LogP contribution >= 0.6 is 0 Å². The highest BCUT2D eigenvalue weighted by molar-refractivity contribution is 7.87. The number of rotatable bonds is 4. The first kappa shape index (κ1) is 14.4. The smallest absolute Gasteiger partial charge is 0.324 e. The summed E-state index contributed by atoms with van der Waals surface area (Å²) in [5.74, 6) is -0.666.